The number of nitrogens with two attached hydrogens (primary N) is 3. The number of primary amides is 2. The molecule has 1 heterocycles. The molecule has 0 aliphatic carbocycles. The lowest BCUT2D eigenvalue weighted by atomic mass is 10.1. The molecule has 0 saturated carbocycles. The minimum atomic E-state index is -1.34. The van der Waals surface area contributed by atoms with Crippen LogP contribution >= 0.6 is 11.8 Å². The molecule has 200 valence electrons. The Balaban J connectivity index is 3.07. The van der Waals surface area contributed by atoms with Crippen molar-refractivity contribution >= 4 is 47.3 Å². The van der Waals surface area contributed by atoms with Crippen LogP contribution in [0.2, 0.25) is 0 Å². The molecule has 11 N–H and O–H groups in total. The number of carbonyl (C=O) groups is 6. The molecule has 0 fully saturated rings. The smallest absolute Gasteiger partial charge is 0.326 e. The second-order valence-electron chi connectivity index (χ2n) is 7.87. The molecule has 4 atom stereocenters. The summed E-state index contributed by atoms with van der Waals surface area (Å²) >= 11 is 1.41. The van der Waals surface area contributed by atoms with Gasteiger partial charge in [0, 0.05) is 24.7 Å². The van der Waals surface area contributed by atoms with Crippen LogP contribution in [0.4, 0.5) is 0 Å². The summed E-state index contributed by atoms with van der Waals surface area (Å²) in [5.74, 6) is -4.85. The summed E-state index contributed by atoms with van der Waals surface area (Å²) in [5, 5.41) is 16.6. The van der Waals surface area contributed by atoms with E-state index in [4.69, 9.17) is 17.2 Å². The SMILES string of the molecule is CSCCC(NC(=O)C(Cc1cnc[nH]1)NC(=O)C(CCC(N)=O)NC(=O)C(N)CC(N)=O)C(=O)O. The maximum absolute atomic E-state index is 13.0. The third kappa shape index (κ3) is 11.2. The van der Waals surface area contributed by atoms with Crippen molar-refractivity contribution in [3.05, 3.63) is 18.2 Å². The third-order valence-corrected chi connectivity index (χ3v) is 5.55. The van der Waals surface area contributed by atoms with Gasteiger partial charge in [-0.05, 0) is 24.9 Å². The van der Waals surface area contributed by atoms with Crippen molar-refractivity contribution in [1.82, 2.24) is 25.9 Å². The number of carboxylic acid groups (broad SMARTS) is 1. The lowest BCUT2D eigenvalue weighted by molar-refractivity contribution is -0.142. The maximum atomic E-state index is 13.0. The van der Waals surface area contributed by atoms with Gasteiger partial charge < -0.3 is 43.2 Å². The molecule has 0 spiro atoms. The molecule has 1 aromatic rings. The van der Waals surface area contributed by atoms with Crippen LogP contribution in [0.1, 0.15) is 31.4 Å². The number of H-pyrrole nitrogens is 1. The van der Waals surface area contributed by atoms with Crippen LogP contribution in [-0.4, -0.2) is 86.8 Å². The lowest BCUT2D eigenvalue weighted by Crippen LogP contribution is -2.58. The van der Waals surface area contributed by atoms with Crippen LogP contribution in [0.3, 0.4) is 0 Å². The van der Waals surface area contributed by atoms with E-state index in [1.54, 1.807) is 6.26 Å². The second kappa shape index (κ2) is 15.4. The molecule has 1 rings (SSSR count). The molecule has 4 unspecified atom stereocenters. The number of amides is 5. The fraction of sp³-hybridized carbons (Fsp3) is 0.550. The first kappa shape index (κ1) is 30.4. The summed E-state index contributed by atoms with van der Waals surface area (Å²) in [7, 11) is 0. The van der Waals surface area contributed by atoms with Gasteiger partial charge in [-0.3, -0.25) is 24.0 Å². The Bertz CT molecular complexity index is 927. The quantitative estimate of drug-likeness (QED) is 0.0998. The number of hydrogen-bond donors (Lipinski definition) is 8. The molecule has 5 amide bonds. The normalized spacial score (nSPS) is 14.1. The van der Waals surface area contributed by atoms with Gasteiger partial charge in [0.05, 0.1) is 18.8 Å². The van der Waals surface area contributed by atoms with E-state index in [2.05, 4.69) is 25.9 Å². The van der Waals surface area contributed by atoms with E-state index in [0.29, 0.717) is 11.4 Å². The lowest BCUT2D eigenvalue weighted by Gasteiger charge is -2.25. The average Bonchev–Trinajstić information content (AvgIpc) is 3.30. The van der Waals surface area contributed by atoms with Crippen molar-refractivity contribution < 1.29 is 33.9 Å². The first-order valence-corrected chi connectivity index (χ1v) is 12.3. The summed E-state index contributed by atoms with van der Waals surface area (Å²) in [6.45, 7) is 0. The van der Waals surface area contributed by atoms with Gasteiger partial charge in [0.2, 0.25) is 29.5 Å². The molecule has 0 aliphatic rings. The molecule has 0 aliphatic heterocycles. The monoisotopic (exact) mass is 528 g/mol. The largest absolute Gasteiger partial charge is 0.480 e. The van der Waals surface area contributed by atoms with E-state index in [9.17, 15) is 33.9 Å². The highest BCUT2D eigenvalue weighted by Crippen LogP contribution is 2.06. The van der Waals surface area contributed by atoms with Crippen LogP contribution in [0, 0.1) is 0 Å². The van der Waals surface area contributed by atoms with Crippen LogP contribution in [0.5, 0.6) is 0 Å². The van der Waals surface area contributed by atoms with Crippen molar-refractivity contribution in [2.75, 3.05) is 12.0 Å². The number of carbonyl (C=O) groups excluding carboxylic acids is 5. The zero-order valence-corrected chi connectivity index (χ0v) is 20.5. The Kier molecular flexibility index (Phi) is 13.0. The Labute approximate surface area is 211 Å². The number of rotatable bonds is 17. The fourth-order valence-corrected chi connectivity index (χ4v) is 3.48. The Morgan fingerprint density at radius 2 is 1.58 bits per heavy atom. The number of thioether (sulfide) groups is 1. The molecule has 0 radical (unpaired) electrons. The van der Waals surface area contributed by atoms with E-state index >= 15 is 0 Å². The molecule has 16 heteroatoms. The number of nitrogens with zero attached hydrogens (tertiary/aromatic N) is 1. The predicted octanol–water partition coefficient (Wildman–Crippen LogP) is -3.29. The Morgan fingerprint density at radius 1 is 0.972 bits per heavy atom. The van der Waals surface area contributed by atoms with E-state index in [1.165, 1.54) is 24.3 Å². The third-order valence-electron chi connectivity index (χ3n) is 4.91. The van der Waals surface area contributed by atoms with Gasteiger partial charge in [-0.25, -0.2) is 9.78 Å². The fourth-order valence-electron chi connectivity index (χ4n) is 3.01. The van der Waals surface area contributed by atoms with Crippen LogP contribution in [0.15, 0.2) is 12.5 Å². The predicted molar refractivity (Wildman–Crippen MR) is 129 cm³/mol. The summed E-state index contributed by atoms with van der Waals surface area (Å²) in [5.41, 5.74) is 16.3. The van der Waals surface area contributed by atoms with Gasteiger partial charge in [-0.2, -0.15) is 11.8 Å². The number of aromatic amines is 1. The zero-order valence-electron chi connectivity index (χ0n) is 19.7. The molecule has 0 saturated heterocycles. The highest BCUT2D eigenvalue weighted by atomic mass is 32.2. The number of carboxylic acids is 1. The van der Waals surface area contributed by atoms with Crippen LogP contribution < -0.4 is 33.2 Å². The van der Waals surface area contributed by atoms with Crippen molar-refractivity contribution in [3.8, 4) is 0 Å². The maximum Gasteiger partial charge on any atom is 0.326 e. The van der Waals surface area contributed by atoms with Crippen molar-refractivity contribution in [1.29, 1.82) is 0 Å². The van der Waals surface area contributed by atoms with Gasteiger partial charge in [0.25, 0.3) is 0 Å². The van der Waals surface area contributed by atoms with Gasteiger partial charge in [0.15, 0.2) is 0 Å². The highest BCUT2D eigenvalue weighted by Gasteiger charge is 2.31. The molecular formula is C20H32N8O7S. The number of hydrogen-bond acceptors (Lipinski definition) is 9. The first-order valence-electron chi connectivity index (χ1n) is 10.9. The van der Waals surface area contributed by atoms with Gasteiger partial charge in [0.1, 0.15) is 18.1 Å². The van der Waals surface area contributed by atoms with E-state index < -0.39 is 66.1 Å². The Hall–Kier alpha value is -3.66. The molecule has 15 nitrogen and oxygen atoms in total. The average molecular weight is 529 g/mol. The molecular weight excluding hydrogens is 496 g/mol. The highest BCUT2D eigenvalue weighted by molar-refractivity contribution is 7.98. The van der Waals surface area contributed by atoms with Gasteiger partial charge in [-0.15, -0.1) is 0 Å². The zero-order chi connectivity index (χ0) is 27.3. The minimum Gasteiger partial charge on any atom is -0.480 e. The summed E-state index contributed by atoms with van der Waals surface area (Å²) in [6.07, 6.45) is 3.67. The standard InChI is InChI=1S/C20H32N8O7S/c1-36-5-4-13(20(34)35)27-19(33)14(6-10-8-24-9-25-10)28-18(32)12(2-3-15(22)29)26-17(31)11(21)7-16(23)30/h8-9,11-14H,2-7,21H2,1H3,(H2,22,29)(H2,23,30)(H,24,25)(H,26,31)(H,27,33)(H,28,32)(H,34,35). The van der Waals surface area contributed by atoms with Crippen molar-refractivity contribution in [3.63, 3.8) is 0 Å². The number of imidazole rings is 1. The topological polar surface area (TPSA) is 265 Å². The molecule has 0 bridgehead atoms. The van der Waals surface area contributed by atoms with Crippen LogP contribution in [0.25, 0.3) is 0 Å². The van der Waals surface area contributed by atoms with E-state index in [0.717, 1.165) is 0 Å². The van der Waals surface area contributed by atoms with Gasteiger partial charge >= 0.3 is 5.97 Å². The minimum absolute atomic E-state index is 0.0793. The number of nitrogens with one attached hydrogen (secondary N) is 4. The first-order chi connectivity index (χ1) is 16.9. The number of aromatic nitrogens is 2. The second-order valence-corrected chi connectivity index (χ2v) is 8.85. The summed E-state index contributed by atoms with van der Waals surface area (Å²) in [4.78, 5) is 78.8. The summed E-state index contributed by atoms with van der Waals surface area (Å²) in [6, 6.07) is -5.14. The molecule has 0 aromatic carbocycles. The van der Waals surface area contributed by atoms with Crippen LogP contribution in [-0.2, 0) is 35.2 Å². The molecule has 36 heavy (non-hydrogen) atoms. The molecule has 1 aromatic heterocycles. The van der Waals surface area contributed by atoms with Crippen molar-refractivity contribution in [2.45, 2.75) is 56.3 Å². The number of aliphatic carboxylic acids is 1. The summed E-state index contributed by atoms with van der Waals surface area (Å²) < 4.78 is 0. The van der Waals surface area contributed by atoms with E-state index in [-0.39, 0.29) is 25.7 Å². The van der Waals surface area contributed by atoms with Gasteiger partial charge in [-0.1, -0.05) is 0 Å². The van der Waals surface area contributed by atoms with Crippen molar-refractivity contribution in [2.24, 2.45) is 17.2 Å². The van der Waals surface area contributed by atoms with E-state index in [1.807, 2.05) is 0 Å². The Morgan fingerprint density at radius 3 is 2.11 bits per heavy atom.